The van der Waals surface area contributed by atoms with Crippen molar-refractivity contribution in [3.05, 3.63) is 131 Å². The van der Waals surface area contributed by atoms with Crippen molar-refractivity contribution in [3.8, 4) is 23.4 Å². The van der Waals surface area contributed by atoms with E-state index in [1.807, 2.05) is 92.7 Å². The molecule has 0 radical (unpaired) electrons. The third kappa shape index (κ3) is 4.09. The Hall–Kier alpha value is -5.07. The number of nitriles is 1. The second-order valence-electron chi connectivity index (χ2n) is 11.3. The number of benzene rings is 4. The molecule has 9 heteroatoms. The van der Waals surface area contributed by atoms with Crippen LogP contribution in [0.2, 0.25) is 0 Å². The highest BCUT2D eigenvalue weighted by Gasteiger charge is 2.60. The molecule has 0 saturated carbocycles. The fraction of sp³-hybridized carbons (Fsp3) is 0.200. The van der Waals surface area contributed by atoms with E-state index in [4.69, 9.17) is 14.6 Å². The van der Waals surface area contributed by atoms with Crippen molar-refractivity contribution in [2.75, 3.05) is 18.0 Å². The first kappa shape index (κ1) is 27.7. The van der Waals surface area contributed by atoms with Crippen LogP contribution in [0.3, 0.4) is 0 Å². The van der Waals surface area contributed by atoms with Gasteiger partial charge in [0.15, 0.2) is 0 Å². The Morgan fingerprint density at radius 3 is 2.30 bits per heavy atom. The predicted molar refractivity (Wildman–Crippen MR) is 167 cm³/mol. The van der Waals surface area contributed by atoms with Gasteiger partial charge < -0.3 is 9.47 Å². The topological polar surface area (TPSA) is 97.4 Å². The molecule has 4 aromatic carbocycles. The molecule has 8 nitrogen and oxygen atoms in total. The van der Waals surface area contributed by atoms with Crippen molar-refractivity contribution in [1.29, 1.82) is 5.26 Å². The SMILES string of the molecule is COc1ccc([C@@H]2Oc3c(c(C)nn3-c3ccccc3)[C@H]3c4ccccc4N(S(=O)(=O)c4ccc(C)cc4)C[C@]32C#N)cc1. The second-order valence-corrected chi connectivity index (χ2v) is 13.2. The van der Waals surface area contributed by atoms with Crippen molar-refractivity contribution in [2.24, 2.45) is 5.41 Å². The van der Waals surface area contributed by atoms with Gasteiger partial charge in [0.2, 0.25) is 5.88 Å². The molecule has 44 heavy (non-hydrogen) atoms. The van der Waals surface area contributed by atoms with E-state index in [1.165, 1.54) is 4.31 Å². The molecular weight excluding hydrogens is 572 g/mol. The van der Waals surface area contributed by atoms with E-state index in [0.717, 1.165) is 27.9 Å². The number of fused-ring (bicyclic) bond motifs is 5. The summed E-state index contributed by atoms with van der Waals surface area (Å²) in [5.41, 5.74) is 3.92. The summed E-state index contributed by atoms with van der Waals surface area (Å²) in [5, 5.41) is 16.2. The Morgan fingerprint density at radius 2 is 1.61 bits per heavy atom. The van der Waals surface area contributed by atoms with E-state index in [2.05, 4.69) is 6.07 Å². The molecule has 2 aliphatic rings. The number of aryl methyl sites for hydroxylation is 2. The van der Waals surface area contributed by atoms with E-state index < -0.39 is 27.5 Å². The van der Waals surface area contributed by atoms with Crippen LogP contribution >= 0.6 is 0 Å². The number of hydrogen-bond donors (Lipinski definition) is 0. The smallest absolute Gasteiger partial charge is 0.264 e. The molecule has 3 heterocycles. The third-order valence-electron chi connectivity index (χ3n) is 8.72. The lowest BCUT2D eigenvalue weighted by Crippen LogP contribution is -2.54. The summed E-state index contributed by atoms with van der Waals surface area (Å²) in [6.07, 6.45) is -0.835. The van der Waals surface area contributed by atoms with Crippen molar-refractivity contribution < 1.29 is 17.9 Å². The van der Waals surface area contributed by atoms with Crippen LogP contribution in [0.1, 0.15) is 40.0 Å². The van der Waals surface area contributed by atoms with Gasteiger partial charge in [-0.15, -0.1) is 0 Å². The zero-order valence-corrected chi connectivity index (χ0v) is 25.3. The minimum absolute atomic E-state index is 0.118. The highest BCUT2D eigenvalue weighted by molar-refractivity contribution is 7.92. The standard InChI is InChI=1S/C35H30N4O4S/c1-23-13-19-28(20-14-23)44(40,41)38-22-35(21-36)32(29-11-7-8-12-30(29)38)31-24(2)37-39(26-9-5-4-6-10-26)34(31)43-33(35)25-15-17-27(42-3)18-16-25/h4-20,32-33H,22H2,1-3H3/t32-,33+,35-/m1/s1. The fourth-order valence-corrected chi connectivity index (χ4v) is 8.12. The van der Waals surface area contributed by atoms with Gasteiger partial charge in [0.05, 0.1) is 41.7 Å². The average molecular weight is 603 g/mol. The molecule has 0 N–H and O–H groups in total. The van der Waals surface area contributed by atoms with E-state index in [1.54, 1.807) is 36.1 Å². The van der Waals surface area contributed by atoms with Crippen LogP contribution in [0.5, 0.6) is 11.6 Å². The number of aromatic nitrogens is 2. The van der Waals surface area contributed by atoms with Crippen molar-refractivity contribution in [3.63, 3.8) is 0 Å². The van der Waals surface area contributed by atoms with Gasteiger partial charge in [-0.2, -0.15) is 10.4 Å². The molecule has 0 unspecified atom stereocenters. The fourth-order valence-electron chi connectivity index (χ4n) is 6.58. The molecule has 3 atom stereocenters. The maximum absolute atomic E-state index is 14.4. The van der Waals surface area contributed by atoms with Crippen LogP contribution < -0.4 is 13.8 Å². The zero-order chi connectivity index (χ0) is 30.6. The number of sulfonamides is 1. The first-order chi connectivity index (χ1) is 21.3. The average Bonchev–Trinajstić information content (AvgIpc) is 3.39. The van der Waals surface area contributed by atoms with Crippen LogP contribution in [0.4, 0.5) is 5.69 Å². The van der Waals surface area contributed by atoms with Gasteiger partial charge in [0.1, 0.15) is 17.3 Å². The van der Waals surface area contributed by atoms with Crippen LogP contribution in [-0.2, 0) is 10.0 Å². The Labute approximate surface area is 256 Å². The van der Waals surface area contributed by atoms with Crippen LogP contribution in [-0.4, -0.2) is 31.9 Å². The first-order valence-corrected chi connectivity index (χ1v) is 15.8. The Morgan fingerprint density at radius 1 is 0.932 bits per heavy atom. The number of ether oxygens (including phenoxy) is 2. The summed E-state index contributed by atoms with van der Waals surface area (Å²) >= 11 is 0. The molecule has 0 amide bonds. The zero-order valence-electron chi connectivity index (χ0n) is 24.5. The molecule has 0 fully saturated rings. The summed E-state index contributed by atoms with van der Waals surface area (Å²) < 4.78 is 44.2. The lowest BCUT2D eigenvalue weighted by molar-refractivity contribution is 0.0484. The van der Waals surface area contributed by atoms with Crippen LogP contribution in [0.25, 0.3) is 5.69 Å². The van der Waals surface area contributed by atoms with Gasteiger partial charge in [-0.25, -0.2) is 13.1 Å². The predicted octanol–water partition coefficient (Wildman–Crippen LogP) is 6.48. The van der Waals surface area contributed by atoms with E-state index >= 15 is 0 Å². The lowest BCUT2D eigenvalue weighted by Gasteiger charge is -2.51. The maximum Gasteiger partial charge on any atom is 0.264 e. The highest BCUT2D eigenvalue weighted by Crippen LogP contribution is 2.62. The van der Waals surface area contributed by atoms with Crippen molar-refractivity contribution in [1.82, 2.24) is 9.78 Å². The Kier molecular flexibility index (Phi) is 6.48. The minimum Gasteiger partial charge on any atom is -0.497 e. The summed E-state index contributed by atoms with van der Waals surface area (Å²) in [4.78, 5) is 0.163. The quantitative estimate of drug-likeness (QED) is 0.228. The summed E-state index contributed by atoms with van der Waals surface area (Å²) in [5.74, 6) is 0.673. The molecule has 0 spiro atoms. The van der Waals surface area contributed by atoms with Crippen LogP contribution in [0.15, 0.2) is 108 Å². The molecule has 220 valence electrons. The molecule has 1 aromatic heterocycles. The molecule has 0 aliphatic carbocycles. The second kappa shape index (κ2) is 10.3. The van der Waals surface area contributed by atoms with Crippen molar-refractivity contribution in [2.45, 2.75) is 30.8 Å². The lowest BCUT2D eigenvalue weighted by atomic mass is 9.61. The molecule has 5 aromatic rings. The molecule has 7 rings (SSSR count). The normalized spacial score (nSPS) is 20.5. The van der Waals surface area contributed by atoms with Gasteiger partial charge >= 0.3 is 0 Å². The highest BCUT2D eigenvalue weighted by atomic mass is 32.2. The van der Waals surface area contributed by atoms with Gasteiger partial charge in [-0.1, -0.05) is 66.2 Å². The van der Waals surface area contributed by atoms with Crippen molar-refractivity contribution >= 4 is 15.7 Å². The number of hydrogen-bond acceptors (Lipinski definition) is 6. The van der Waals surface area contributed by atoms with Gasteiger partial charge in [-0.05, 0) is 67.4 Å². The summed E-state index contributed by atoms with van der Waals surface area (Å²) in [7, 11) is -2.45. The molecular formula is C35H30N4O4S. The van der Waals surface area contributed by atoms with E-state index in [9.17, 15) is 13.7 Å². The van der Waals surface area contributed by atoms with E-state index in [0.29, 0.717) is 23.0 Å². The number of para-hydroxylation sites is 2. The van der Waals surface area contributed by atoms with E-state index in [-0.39, 0.29) is 11.4 Å². The van der Waals surface area contributed by atoms with Gasteiger partial charge in [-0.3, -0.25) is 4.31 Å². The third-order valence-corrected chi connectivity index (χ3v) is 10.5. The number of methoxy groups -OCH3 is 1. The molecule has 0 bridgehead atoms. The summed E-state index contributed by atoms with van der Waals surface area (Å²) in [6, 6.07) is 34.0. The maximum atomic E-state index is 14.4. The summed E-state index contributed by atoms with van der Waals surface area (Å²) in [6.45, 7) is 3.71. The molecule has 2 aliphatic heterocycles. The Bertz CT molecular complexity index is 2020. The largest absolute Gasteiger partial charge is 0.497 e. The molecule has 0 saturated heterocycles. The number of anilines is 1. The number of rotatable bonds is 5. The first-order valence-electron chi connectivity index (χ1n) is 14.3. The van der Waals surface area contributed by atoms with Gasteiger partial charge in [0.25, 0.3) is 10.0 Å². The van der Waals surface area contributed by atoms with Gasteiger partial charge in [0, 0.05) is 11.5 Å². The Balaban J connectivity index is 1.51. The van der Waals surface area contributed by atoms with Crippen LogP contribution in [0, 0.1) is 30.6 Å². The minimum atomic E-state index is -4.05. The number of nitrogens with zero attached hydrogens (tertiary/aromatic N) is 4. The monoisotopic (exact) mass is 602 g/mol.